The minimum absolute atomic E-state index is 0.0127. The van der Waals surface area contributed by atoms with Crippen molar-refractivity contribution in [2.45, 2.75) is 25.7 Å². The van der Waals surface area contributed by atoms with Gasteiger partial charge in [0.2, 0.25) is 0 Å². The van der Waals surface area contributed by atoms with Gasteiger partial charge in [-0.15, -0.1) is 0 Å². The fourth-order valence-electron chi connectivity index (χ4n) is 3.01. The number of aryl methyl sites for hydroxylation is 1. The van der Waals surface area contributed by atoms with Gasteiger partial charge in [0.05, 0.1) is 33.3 Å². The quantitative estimate of drug-likeness (QED) is 0.496. The Morgan fingerprint density at radius 3 is 2.21 bits per heavy atom. The van der Waals surface area contributed by atoms with Crippen LogP contribution in [0.25, 0.3) is 5.69 Å². The smallest absolute Gasteiger partial charge is 0.296 e. The lowest BCUT2D eigenvalue weighted by Crippen LogP contribution is -2.24. The van der Waals surface area contributed by atoms with Gasteiger partial charge in [0, 0.05) is 5.69 Å². The van der Waals surface area contributed by atoms with Crippen molar-refractivity contribution in [2.24, 2.45) is 0 Å². The number of carbonyl (C=O) groups is 2. The largest absolute Gasteiger partial charge is 0.319 e. The Labute approximate surface area is 169 Å². The second-order valence-corrected chi connectivity index (χ2v) is 8.78. The molecular formula is C21H21N3O4S. The average Bonchev–Trinajstić information content (AvgIpc) is 3.02. The topological polar surface area (TPSA) is 98.1 Å². The number of nitrogens with zero attached hydrogens (tertiary/aromatic N) is 2. The molecule has 1 amide bonds. The number of hydrogen-bond donors (Lipinski definition) is 1. The molecule has 0 aliphatic carbocycles. The van der Waals surface area contributed by atoms with E-state index in [0.717, 1.165) is 5.69 Å². The molecule has 0 saturated heterocycles. The molecule has 3 rings (SSSR count). The predicted octanol–water partition coefficient (Wildman–Crippen LogP) is 3.10. The number of para-hydroxylation sites is 1. The first-order valence-electron chi connectivity index (χ1n) is 9.04. The first kappa shape index (κ1) is 20.5. The van der Waals surface area contributed by atoms with Crippen LogP contribution in [0.1, 0.15) is 28.7 Å². The van der Waals surface area contributed by atoms with Crippen molar-refractivity contribution in [1.29, 1.82) is 0 Å². The Morgan fingerprint density at radius 2 is 1.62 bits per heavy atom. The summed E-state index contributed by atoms with van der Waals surface area (Å²) in [6.45, 7) is 4.97. The third kappa shape index (κ3) is 4.12. The van der Waals surface area contributed by atoms with Crippen molar-refractivity contribution in [3.05, 3.63) is 71.5 Å². The van der Waals surface area contributed by atoms with Crippen molar-refractivity contribution in [2.75, 3.05) is 11.1 Å². The molecule has 150 valence electrons. The Kier molecular flexibility index (Phi) is 5.65. The highest BCUT2D eigenvalue weighted by atomic mass is 32.2. The summed E-state index contributed by atoms with van der Waals surface area (Å²) in [6, 6.07) is 15.1. The van der Waals surface area contributed by atoms with Gasteiger partial charge in [-0.25, -0.2) is 13.1 Å². The first-order chi connectivity index (χ1) is 13.7. The number of rotatable bonds is 6. The van der Waals surface area contributed by atoms with Gasteiger partial charge in [-0.05, 0) is 50.2 Å². The van der Waals surface area contributed by atoms with E-state index in [1.807, 2.05) is 30.3 Å². The Hall–Kier alpha value is -3.26. The molecule has 0 spiro atoms. The van der Waals surface area contributed by atoms with Crippen LogP contribution in [0.5, 0.6) is 0 Å². The predicted molar refractivity (Wildman–Crippen MR) is 110 cm³/mol. The summed E-state index contributed by atoms with van der Waals surface area (Å²) in [4.78, 5) is 25.4. The van der Waals surface area contributed by atoms with Crippen molar-refractivity contribution >= 4 is 27.2 Å². The van der Waals surface area contributed by atoms with Crippen molar-refractivity contribution in [3.63, 3.8) is 0 Å². The van der Waals surface area contributed by atoms with E-state index in [9.17, 15) is 18.0 Å². The lowest BCUT2D eigenvalue weighted by Gasteiger charge is -2.07. The molecular weight excluding hydrogens is 390 g/mol. The van der Waals surface area contributed by atoms with Crippen LogP contribution in [-0.2, 0) is 14.6 Å². The second kappa shape index (κ2) is 8.00. The molecule has 0 aliphatic rings. The Balaban J connectivity index is 1.83. The highest BCUT2D eigenvalue weighted by Gasteiger charge is 2.25. The molecule has 0 unspecified atom stereocenters. The fraction of sp³-hybridized carbons (Fsp3) is 0.190. The van der Waals surface area contributed by atoms with Crippen molar-refractivity contribution < 1.29 is 18.0 Å². The van der Waals surface area contributed by atoms with E-state index >= 15 is 0 Å². The molecule has 0 fully saturated rings. The van der Waals surface area contributed by atoms with Crippen molar-refractivity contribution in [3.8, 4) is 5.69 Å². The van der Waals surface area contributed by atoms with Crippen LogP contribution in [-0.4, -0.2) is 35.6 Å². The number of amides is 1. The van der Waals surface area contributed by atoms with Gasteiger partial charge in [-0.1, -0.05) is 25.1 Å². The van der Waals surface area contributed by atoms with Gasteiger partial charge >= 0.3 is 0 Å². The molecule has 3 aromatic rings. The van der Waals surface area contributed by atoms with E-state index in [0.29, 0.717) is 17.1 Å². The number of sulfone groups is 1. The molecule has 29 heavy (non-hydrogen) atoms. The summed E-state index contributed by atoms with van der Waals surface area (Å²) < 4.78 is 25.4. The van der Waals surface area contributed by atoms with E-state index in [2.05, 4.69) is 10.4 Å². The molecule has 0 atom stereocenters. The molecule has 0 aliphatic heterocycles. The summed E-state index contributed by atoms with van der Waals surface area (Å²) in [5.74, 6) is -1.52. The maximum absolute atomic E-state index is 12.7. The number of ketones is 1. The van der Waals surface area contributed by atoms with Crippen LogP contribution < -0.4 is 5.32 Å². The summed E-state index contributed by atoms with van der Waals surface area (Å²) in [5.41, 5.74) is 2.40. The van der Waals surface area contributed by atoms with Crippen LogP contribution in [0, 0.1) is 13.8 Å². The maximum Gasteiger partial charge on any atom is 0.296 e. The second-order valence-electron chi connectivity index (χ2n) is 6.50. The highest BCUT2D eigenvalue weighted by molar-refractivity contribution is 7.91. The molecule has 7 nitrogen and oxygen atoms in total. The van der Waals surface area contributed by atoms with E-state index in [1.165, 1.54) is 24.3 Å². The van der Waals surface area contributed by atoms with E-state index in [4.69, 9.17) is 0 Å². The zero-order valence-corrected chi connectivity index (χ0v) is 17.2. The molecule has 0 saturated carbocycles. The third-order valence-corrected chi connectivity index (χ3v) is 6.33. The monoisotopic (exact) mass is 411 g/mol. The number of benzene rings is 2. The van der Waals surface area contributed by atoms with Crippen LogP contribution in [0.2, 0.25) is 0 Å². The van der Waals surface area contributed by atoms with Crippen LogP contribution >= 0.6 is 0 Å². The SMILES string of the molecule is CCS(=O)(=O)c1ccc(NC(=O)C(=O)c2c(C)nn(-c3ccccc3)c2C)cc1. The van der Waals surface area contributed by atoms with E-state index in [1.54, 1.807) is 25.5 Å². The lowest BCUT2D eigenvalue weighted by atomic mass is 10.1. The number of aromatic nitrogens is 2. The van der Waals surface area contributed by atoms with Gasteiger partial charge in [0.1, 0.15) is 0 Å². The van der Waals surface area contributed by atoms with E-state index in [-0.39, 0.29) is 16.2 Å². The minimum Gasteiger partial charge on any atom is -0.319 e. The Morgan fingerprint density at radius 1 is 1.00 bits per heavy atom. The normalized spacial score (nSPS) is 11.3. The molecule has 0 bridgehead atoms. The maximum atomic E-state index is 12.7. The zero-order chi connectivity index (χ0) is 21.2. The number of anilines is 1. The Bertz CT molecular complexity index is 1160. The van der Waals surface area contributed by atoms with Crippen LogP contribution in [0.15, 0.2) is 59.5 Å². The fourth-order valence-corrected chi connectivity index (χ4v) is 3.89. The summed E-state index contributed by atoms with van der Waals surface area (Å²) in [7, 11) is -3.33. The molecule has 1 aromatic heterocycles. The molecule has 8 heteroatoms. The van der Waals surface area contributed by atoms with Gasteiger partial charge in [0.25, 0.3) is 11.7 Å². The molecule has 0 radical (unpaired) electrons. The number of hydrogen-bond acceptors (Lipinski definition) is 5. The summed E-state index contributed by atoms with van der Waals surface area (Å²) in [5, 5.41) is 6.91. The summed E-state index contributed by atoms with van der Waals surface area (Å²) >= 11 is 0. The zero-order valence-electron chi connectivity index (χ0n) is 16.3. The molecule has 2 aromatic carbocycles. The first-order valence-corrected chi connectivity index (χ1v) is 10.7. The van der Waals surface area contributed by atoms with Gasteiger partial charge in [-0.2, -0.15) is 5.10 Å². The lowest BCUT2D eigenvalue weighted by molar-refractivity contribution is -0.112. The van der Waals surface area contributed by atoms with Gasteiger partial charge < -0.3 is 5.32 Å². The third-order valence-electron chi connectivity index (χ3n) is 4.58. The molecule has 1 N–H and O–H groups in total. The van der Waals surface area contributed by atoms with Crippen LogP contribution in [0.4, 0.5) is 5.69 Å². The summed E-state index contributed by atoms with van der Waals surface area (Å²) in [6.07, 6.45) is 0. The van der Waals surface area contributed by atoms with Crippen molar-refractivity contribution in [1.82, 2.24) is 9.78 Å². The average molecular weight is 411 g/mol. The number of nitrogens with one attached hydrogen (secondary N) is 1. The van der Waals surface area contributed by atoms with E-state index < -0.39 is 21.5 Å². The number of Topliss-reactive ketones (excluding diaryl/α,β-unsaturated/α-hetero) is 1. The number of carbonyl (C=O) groups excluding carboxylic acids is 2. The van der Waals surface area contributed by atoms with Gasteiger partial charge in [0.15, 0.2) is 9.84 Å². The minimum atomic E-state index is -3.33. The van der Waals surface area contributed by atoms with Crippen LogP contribution in [0.3, 0.4) is 0 Å². The van der Waals surface area contributed by atoms with Gasteiger partial charge in [-0.3, -0.25) is 9.59 Å². The standard InChI is InChI=1S/C21H21N3O4S/c1-4-29(27,28)18-12-10-16(11-13-18)22-21(26)20(25)19-14(2)23-24(15(19)3)17-8-6-5-7-9-17/h5-13H,4H2,1-3H3,(H,22,26). The molecule has 1 heterocycles. The highest BCUT2D eigenvalue weighted by Crippen LogP contribution is 2.20.